The molecule has 0 aliphatic carbocycles. The Morgan fingerprint density at radius 3 is 2.90 bits per heavy atom. The number of hydrogen-bond donors (Lipinski definition) is 0. The Hall–Kier alpha value is -1.79. The zero-order valence-electron chi connectivity index (χ0n) is 9.95. The number of anilines is 1. The minimum Gasteiger partial charge on any atom is -0.295 e. The van der Waals surface area contributed by atoms with Gasteiger partial charge in [0.05, 0.1) is 11.9 Å². The van der Waals surface area contributed by atoms with Crippen molar-refractivity contribution in [3.05, 3.63) is 17.0 Å². The Morgan fingerprint density at radius 2 is 2.30 bits per heavy atom. The Kier molecular flexibility index (Phi) is 3.87. The summed E-state index contributed by atoms with van der Waals surface area (Å²) in [5, 5.41) is 8.80. The molecule has 1 aliphatic rings. The van der Waals surface area contributed by atoms with Crippen LogP contribution in [0.15, 0.2) is 6.20 Å². The molecule has 0 spiro atoms. The summed E-state index contributed by atoms with van der Waals surface area (Å²) in [5.41, 5.74) is 0.0338. The van der Waals surface area contributed by atoms with Crippen LogP contribution in [0.3, 0.4) is 0 Å². The molecule has 1 aliphatic heterocycles. The monoisotopic (exact) mass is 318 g/mol. The molecule has 0 aromatic carbocycles. The summed E-state index contributed by atoms with van der Waals surface area (Å²) in [5.74, 6) is -1.85. The first-order valence-corrected chi connectivity index (χ1v) is 7.38. The zero-order chi connectivity index (χ0) is 14.9. The average molecular weight is 319 g/mol. The van der Waals surface area contributed by atoms with Crippen LogP contribution in [0.5, 0.6) is 0 Å². The van der Waals surface area contributed by atoms with Crippen LogP contribution in [0.2, 0.25) is 5.28 Å². The third kappa shape index (κ3) is 3.20. The number of amides is 1. The number of aromatic nitrogens is 2. The van der Waals surface area contributed by atoms with Crippen LogP contribution in [-0.4, -0.2) is 36.6 Å². The van der Waals surface area contributed by atoms with Gasteiger partial charge in [0.1, 0.15) is 11.6 Å². The SMILES string of the molecule is N#Cc1cnc(Cl)nc1N1CC(CS(=O)(=O)F)CC1=O. The first-order valence-electron chi connectivity index (χ1n) is 5.45. The highest BCUT2D eigenvalue weighted by molar-refractivity contribution is 7.86. The van der Waals surface area contributed by atoms with E-state index in [1.165, 1.54) is 0 Å². The number of hydrogen-bond acceptors (Lipinski definition) is 6. The standard InChI is InChI=1S/C10H8ClFN4O3S/c11-10-14-3-7(2-13)9(15-10)16-4-6(1-8(16)17)5-20(12,18)19/h3,6H,1,4-5H2. The summed E-state index contributed by atoms with van der Waals surface area (Å²) in [7, 11) is -4.66. The van der Waals surface area contributed by atoms with Crippen molar-refractivity contribution in [3.63, 3.8) is 0 Å². The van der Waals surface area contributed by atoms with Crippen LogP contribution in [0.4, 0.5) is 9.70 Å². The summed E-state index contributed by atoms with van der Waals surface area (Å²) < 4.78 is 33.9. The molecule has 1 unspecified atom stereocenters. The highest BCUT2D eigenvalue weighted by Crippen LogP contribution is 2.27. The van der Waals surface area contributed by atoms with Crippen molar-refractivity contribution < 1.29 is 17.1 Å². The van der Waals surface area contributed by atoms with Gasteiger partial charge in [-0.15, -0.1) is 3.89 Å². The molecule has 0 N–H and O–H groups in total. The lowest BCUT2D eigenvalue weighted by Gasteiger charge is -2.16. The minimum absolute atomic E-state index is 0.0104. The molecule has 1 amide bonds. The fourth-order valence-corrected chi connectivity index (χ4v) is 2.93. The maximum atomic E-state index is 12.7. The van der Waals surface area contributed by atoms with E-state index in [2.05, 4.69) is 9.97 Å². The second-order valence-corrected chi connectivity index (χ2v) is 6.02. The molecule has 1 fully saturated rings. The third-order valence-corrected chi connectivity index (χ3v) is 3.81. The van der Waals surface area contributed by atoms with E-state index in [0.29, 0.717) is 0 Å². The van der Waals surface area contributed by atoms with Crippen LogP contribution in [0, 0.1) is 17.2 Å². The number of rotatable bonds is 3. The van der Waals surface area contributed by atoms with Gasteiger partial charge in [-0.2, -0.15) is 18.7 Å². The fraction of sp³-hybridized carbons (Fsp3) is 0.400. The van der Waals surface area contributed by atoms with E-state index in [-0.39, 0.29) is 29.6 Å². The van der Waals surface area contributed by atoms with Crippen molar-refractivity contribution in [2.24, 2.45) is 5.92 Å². The molecule has 1 atom stereocenters. The van der Waals surface area contributed by atoms with Crippen LogP contribution in [-0.2, 0) is 15.0 Å². The van der Waals surface area contributed by atoms with Gasteiger partial charge in [0.15, 0.2) is 5.82 Å². The van der Waals surface area contributed by atoms with Gasteiger partial charge < -0.3 is 0 Å². The van der Waals surface area contributed by atoms with Crippen LogP contribution in [0.25, 0.3) is 0 Å². The van der Waals surface area contributed by atoms with Gasteiger partial charge in [0.2, 0.25) is 11.2 Å². The maximum Gasteiger partial charge on any atom is 0.302 e. The Morgan fingerprint density at radius 1 is 1.60 bits per heavy atom. The van der Waals surface area contributed by atoms with Crippen LogP contribution in [0.1, 0.15) is 12.0 Å². The van der Waals surface area contributed by atoms with Crippen LogP contribution >= 0.6 is 11.6 Å². The number of carbonyl (C=O) groups excluding carboxylic acids is 1. The molecule has 0 saturated carbocycles. The van der Waals surface area contributed by atoms with Gasteiger partial charge in [-0.3, -0.25) is 9.69 Å². The third-order valence-electron chi connectivity index (χ3n) is 2.76. The fourth-order valence-electron chi connectivity index (χ4n) is 2.02. The van der Waals surface area contributed by atoms with Gasteiger partial charge >= 0.3 is 10.2 Å². The van der Waals surface area contributed by atoms with Crippen molar-refractivity contribution in [1.82, 2.24) is 9.97 Å². The normalized spacial score (nSPS) is 19.1. The van der Waals surface area contributed by atoms with E-state index in [1.807, 2.05) is 6.07 Å². The highest BCUT2D eigenvalue weighted by Gasteiger charge is 2.35. The molecule has 1 saturated heterocycles. The number of nitriles is 1. The summed E-state index contributed by atoms with van der Waals surface area (Å²) in [6.07, 6.45) is 1.03. The van der Waals surface area contributed by atoms with Crippen LogP contribution < -0.4 is 4.90 Å². The number of halogens is 2. The first kappa shape index (κ1) is 14.6. The lowest BCUT2D eigenvalue weighted by atomic mass is 10.1. The molecular weight excluding hydrogens is 311 g/mol. The first-order chi connectivity index (χ1) is 9.30. The summed E-state index contributed by atoms with van der Waals surface area (Å²) >= 11 is 5.62. The van der Waals surface area contributed by atoms with Crippen molar-refractivity contribution in [2.45, 2.75) is 6.42 Å². The molecule has 2 heterocycles. The van der Waals surface area contributed by atoms with Gasteiger partial charge in [-0.25, -0.2) is 4.98 Å². The molecule has 10 heteroatoms. The zero-order valence-corrected chi connectivity index (χ0v) is 11.5. The molecule has 0 bridgehead atoms. The molecule has 106 valence electrons. The number of carbonyl (C=O) groups is 1. The van der Waals surface area contributed by atoms with E-state index in [9.17, 15) is 17.1 Å². The van der Waals surface area contributed by atoms with Gasteiger partial charge in [0, 0.05) is 18.9 Å². The molecule has 1 aromatic heterocycles. The lowest BCUT2D eigenvalue weighted by molar-refractivity contribution is -0.117. The summed E-state index contributed by atoms with van der Waals surface area (Å²) in [4.78, 5) is 20.4. The molecule has 2 rings (SSSR count). The Bertz CT molecular complexity index is 703. The maximum absolute atomic E-state index is 12.7. The minimum atomic E-state index is -4.66. The van der Waals surface area contributed by atoms with E-state index in [1.54, 1.807) is 0 Å². The average Bonchev–Trinajstić information content (AvgIpc) is 2.67. The predicted octanol–water partition coefficient (Wildman–Crippen LogP) is 0.654. The van der Waals surface area contributed by atoms with Gasteiger partial charge in [-0.05, 0) is 11.6 Å². The van der Waals surface area contributed by atoms with E-state index >= 15 is 0 Å². The van der Waals surface area contributed by atoms with E-state index < -0.39 is 27.8 Å². The molecule has 7 nitrogen and oxygen atoms in total. The summed E-state index contributed by atoms with van der Waals surface area (Å²) in [6, 6.07) is 1.81. The molecule has 1 aromatic rings. The van der Waals surface area contributed by atoms with Crippen molar-refractivity contribution in [2.75, 3.05) is 17.2 Å². The quantitative estimate of drug-likeness (QED) is 0.599. The van der Waals surface area contributed by atoms with E-state index in [4.69, 9.17) is 16.9 Å². The summed E-state index contributed by atoms with van der Waals surface area (Å²) in [6.45, 7) is -0.0377. The molecular formula is C10H8ClFN4O3S. The largest absolute Gasteiger partial charge is 0.302 e. The topological polar surface area (TPSA) is 104 Å². The van der Waals surface area contributed by atoms with E-state index in [0.717, 1.165) is 11.1 Å². The second kappa shape index (κ2) is 5.30. The smallest absolute Gasteiger partial charge is 0.295 e. The van der Waals surface area contributed by atoms with Crippen molar-refractivity contribution in [3.8, 4) is 6.07 Å². The Balaban J connectivity index is 2.29. The van der Waals surface area contributed by atoms with Crippen molar-refractivity contribution >= 4 is 33.5 Å². The predicted molar refractivity (Wildman–Crippen MR) is 67.1 cm³/mol. The number of nitrogens with zero attached hydrogens (tertiary/aromatic N) is 4. The van der Waals surface area contributed by atoms with Gasteiger partial charge in [0.25, 0.3) is 0 Å². The van der Waals surface area contributed by atoms with Gasteiger partial charge in [-0.1, -0.05) is 0 Å². The molecule has 20 heavy (non-hydrogen) atoms. The highest BCUT2D eigenvalue weighted by atomic mass is 35.5. The lowest BCUT2D eigenvalue weighted by Crippen LogP contribution is -2.27. The molecule has 0 radical (unpaired) electrons. The second-order valence-electron chi connectivity index (χ2n) is 4.27. The van der Waals surface area contributed by atoms with Crippen molar-refractivity contribution in [1.29, 1.82) is 5.26 Å². The Labute approximate surface area is 119 Å².